The molecule has 0 aliphatic carbocycles. The monoisotopic (exact) mass is 379 g/mol. The van der Waals surface area contributed by atoms with Crippen LogP contribution in [0.4, 0.5) is 10.1 Å². The first-order chi connectivity index (χ1) is 10.6. The van der Waals surface area contributed by atoms with Crippen LogP contribution in [0.15, 0.2) is 35.5 Å². The zero-order valence-electron chi connectivity index (χ0n) is 11.4. The lowest BCUT2D eigenvalue weighted by molar-refractivity contribution is 0.627. The van der Waals surface area contributed by atoms with E-state index in [-0.39, 0.29) is 5.02 Å². The lowest BCUT2D eigenvalue weighted by Gasteiger charge is -2.10. The minimum Gasteiger partial charge on any atom is -0.382 e. The Bertz CT molecular complexity index is 622. The van der Waals surface area contributed by atoms with Crippen LogP contribution < -0.4 is 10.0 Å². The highest BCUT2D eigenvalue weighted by Gasteiger charge is 2.05. The van der Waals surface area contributed by atoms with Gasteiger partial charge in [0.15, 0.2) is 0 Å². The molecule has 2 rings (SSSR count). The Balaban J connectivity index is 1.68. The molecule has 0 aliphatic heterocycles. The van der Waals surface area contributed by atoms with E-state index < -0.39 is 5.82 Å². The van der Waals surface area contributed by atoms with Crippen molar-refractivity contribution in [2.75, 3.05) is 18.4 Å². The van der Waals surface area contributed by atoms with Crippen molar-refractivity contribution >= 4 is 52.4 Å². The summed E-state index contributed by atoms with van der Waals surface area (Å²) in [7, 11) is 0. The van der Waals surface area contributed by atoms with Crippen molar-refractivity contribution in [2.45, 2.75) is 11.3 Å². The predicted molar refractivity (Wildman–Crippen MR) is 92.6 cm³/mol. The number of nitrogens with zero attached hydrogens (tertiary/aromatic N) is 1. The van der Waals surface area contributed by atoms with E-state index in [1.807, 2.05) is 0 Å². The van der Waals surface area contributed by atoms with Crippen molar-refractivity contribution in [1.29, 1.82) is 0 Å². The van der Waals surface area contributed by atoms with E-state index in [1.165, 1.54) is 18.0 Å². The largest absolute Gasteiger partial charge is 0.382 e. The van der Waals surface area contributed by atoms with Crippen LogP contribution in [0.2, 0.25) is 15.1 Å². The number of halogens is 4. The Hall–Kier alpha value is -0.720. The second kappa shape index (κ2) is 8.79. The number of rotatable bonds is 7. The molecule has 0 saturated carbocycles. The molecule has 0 saturated heterocycles. The van der Waals surface area contributed by atoms with Gasteiger partial charge in [-0.2, -0.15) is 0 Å². The molecule has 1 aromatic heterocycles. The highest BCUT2D eigenvalue weighted by atomic mass is 35.5. The molecular weight excluding hydrogens is 368 g/mol. The molecule has 8 heteroatoms. The highest BCUT2D eigenvalue weighted by molar-refractivity contribution is 7.97. The van der Waals surface area contributed by atoms with Gasteiger partial charge in [0.25, 0.3) is 0 Å². The molecule has 118 valence electrons. The maximum atomic E-state index is 13.0. The van der Waals surface area contributed by atoms with Gasteiger partial charge in [-0.05, 0) is 36.6 Å². The summed E-state index contributed by atoms with van der Waals surface area (Å²) < 4.78 is 16.2. The minimum absolute atomic E-state index is 0.121. The molecule has 0 radical (unpaired) electrons. The molecule has 0 aliphatic rings. The van der Waals surface area contributed by atoms with E-state index in [0.717, 1.165) is 17.9 Å². The molecule has 0 atom stereocenters. The van der Waals surface area contributed by atoms with Crippen molar-refractivity contribution in [3.63, 3.8) is 0 Å². The topological polar surface area (TPSA) is 37.0 Å². The van der Waals surface area contributed by atoms with E-state index in [0.29, 0.717) is 22.3 Å². The first-order valence-electron chi connectivity index (χ1n) is 6.45. The van der Waals surface area contributed by atoms with Gasteiger partial charge in [-0.15, -0.1) is 0 Å². The Morgan fingerprint density at radius 3 is 2.45 bits per heavy atom. The van der Waals surface area contributed by atoms with Crippen molar-refractivity contribution in [2.24, 2.45) is 0 Å². The fourth-order valence-corrected chi connectivity index (χ4v) is 3.10. The molecule has 0 amide bonds. The smallest absolute Gasteiger partial charge is 0.141 e. The van der Waals surface area contributed by atoms with Gasteiger partial charge in [0.05, 0.1) is 20.8 Å². The van der Waals surface area contributed by atoms with E-state index >= 15 is 0 Å². The van der Waals surface area contributed by atoms with Crippen LogP contribution >= 0.6 is 46.8 Å². The fraction of sp³-hybridized carbons (Fsp3) is 0.214. The maximum Gasteiger partial charge on any atom is 0.141 e. The molecule has 1 aromatic carbocycles. The van der Waals surface area contributed by atoms with Crippen LogP contribution in [0.1, 0.15) is 6.42 Å². The predicted octanol–water partition coefficient (Wildman–Crippen LogP) is 5.28. The van der Waals surface area contributed by atoms with E-state index in [2.05, 4.69) is 15.0 Å². The van der Waals surface area contributed by atoms with Gasteiger partial charge in [0.1, 0.15) is 5.82 Å². The molecule has 0 unspecified atom stereocenters. The Morgan fingerprint density at radius 1 is 1.05 bits per heavy atom. The van der Waals surface area contributed by atoms with Crippen LogP contribution in [-0.4, -0.2) is 18.1 Å². The number of pyridine rings is 1. The molecule has 22 heavy (non-hydrogen) atoms. The van der Waals surface area contributed by atoms with Crippen LogP contribution in [0.3, 0.4) is 0 Å². The highest BCUT2D eigenvalue weighted by Crippen LogP contribution is 2.28. The van der Waals surface area contributed by atoms with Crippen molar-refractivity contribution in [1.82, 2.24) is 9.71 Å². The molecule has 3 nitrogen and oxygen atoms in total. The van der Waals surface area contributed by atoms with Crippen LogP contribution in [0.25, 0.3) is 0 Å². The van der Waals surface area contributed by atoms with E-state index in [9.17, 15) is 4.39 Å². The molecule has 0 spiro atoms. The Labute approximate surface area is 147 Å². The molecule has 0 bridgehead atoms. The molecular formula is C14H13Cl3FN3S. The summed E-state index contributed by atoms with van der Waals surface area (Å²) in [5.41, 5.74) is 0.691. The van der Waals surface area contributed by atoms with Gasteiger partial charge in [-0.1, -0.05) is 34.8 Å². The van der Waals surface area contributed by atoms with Crippen LogP contribution in [-0.2, 0) is 0 Å². The summed E-state index contributed by atoms with van der Waals surface area (Å²) in [5, 5.41) is 4.29. The molecule has 2 aromatic rings. The van der Waals surface area contributed by atoms with Crippen molar-refractivity contribution in [3.8, 4) is 0 Å². The van der Waals surface area contributed by atoms with E-state index in [4.69, 9.17) is 34.8 Å². The first-order valence-corrected chi connectivity index (χ1v) is 8.40. The number of benzene rings is 1. The molecule has 2 N–H and O–H groups in total. The van der Waals surface area contributed by atoms with Crippen LogP contribution in [0.5, 0.6) is 0 Å². The summed E-state index contributed by atoms with van der Waals surface area (Å²) in [6.45, 7) is 1.47. The maximum absolute atomic E-state index is 13.0. The summed E-state index contributed by atoms with van der Waals surface area (Å²) in [6, 6.07) is 4.61. The third kappa shape index (κ3) is 5.18. The first kappa shape index (κ1) is 17.6. The Kier molecular flexibility index (Phi) is 7.05. The quantitative estimate of drug-likeness (QED) is 0.506. The van der Waals surface area contributed by atoms with E-state index in [1.54, 1.807) is 24.5 Å². The lowest BCUT2D eigenvalue weighted by atomic mass is 10.3. The number of hydrogen-bond acceptors (Lipinski definition) is 4. The zero-order chi connectivity index (χ0) is 15.9. The average molecular weight is 381 g/mol. The lowest BCUT2D eigenvalue weighted by Crippen LogP contribution is -2.12. The van der Waals surface area contributed by atoms with Gasteiger partial charge in [-0.3, -0.25) is 9.71 Å². The molecule has 1 heterocycles. The van der Waals surface area contributed by atoms with Gasteiger partial charge < -0.3 is 5.32 Å². The number of hydrogen-bond donors (Lipinski definition) is 2. The third-order valence-corrected chi connectivity index (χ3v) is 4.39. The van der Waals surface area contributed by atoms with Crippen molar-refractivity contribution < 1.29 is 4.39 Å². The normalized spacial score (nSPS) is 10.7. The number of nitrogens with one attached hydrogen (secondary N) is 2. The number of anilines is 1. The standard InChI is InChI=1S/C14H13Cl3FN3S/c15-10-6-9(2-3-13(10)18)22-21-5-1-4-20-14-11(16)7-19-8-12(14)17/h2-3,6-8,21H,1,4-5H2,(H,19,20). The summed E-state index contributed by atoms with van der Waals surface area (Å²) in [4.78, 5) is 4.75. The zero-order valence-corrected chi connectivity index (χ0v) is 14.5. The van der Waals surface area contributed by atoms with Gasteiger partial charge >= 0.3 is 0 Å². The second-order valence-corrected chi connectivity index (χ2v) is 6.52. The minimum atomic E-state index is -0.415. The van der Waals surface area contributed by atoms with Crippen LogP contribution in [0, 0.1) is 5.82 Å². The van der Waals surface area contributed by atoms with Gasteiger partial charge in [-0.25, -0.2) is 4.39 Å². The average Bonchev–Trinajstić information content (AvgIpc) is 2.49. The Morgan fingerprint density at radius 2 is 1.77 bits per heavy atom. The summed E-state index contributed by atoms with van der Waals surface area (Å²) >= 11 is 19.1. The van der Waals surface area contributed by atoms with Gasteiger partial charge in [0.2, 0.25) is 0 Å². The fourth-order valence-electron chi connectivity index (χ4n) is 1.63. The van der Waals surface area contributed by atoms with Crippen molar-refractivity contribution in [3.05, 3.63) is 51.5 Å². The second-order valence-electron chi connectivity index (χ2n) is 4.33. The van der Waals surface area contributed by atoms with Gasteiger partial charge in [0, 0.05) is 30.4 Å². The SMILES string of the molecule is Fc1ccc(SNCCCNc2c(Cl)cncc2Cl)cc1Cl. The third-order valence-electron chi connectivity index (χ3n) is 2.69. The molecule has 0 fully saturated rings. The summed E-state index contributed by atoms with van der Waals surface area (Å²) in [6.07, 6.45) is 3.95. The summed E-state index contributed by atoms with van der Waals surface area (Å²) in [5.74, 6) is -0.415. The number of aromatic nitrogens is 1.